The largest absolute Gasteiger partial charge is 0.491 e. The zero-order chi connectivity index (χ0) is 19.0. The highest BCUT2D eigenvalue weighted by molar-refractivity contribution is 6.30. The number of hydrogen-bond acceptors (Lipinski definition) is 5. The lowest BCUT2D eigenvalue weighted by Crippen LogP contribution is -2.30. The molecule has 0 radical (unpaired) electrons. The van der Waals surface area contributed by atoms with E-state index in [0.717, 1.165) is 11.3 Å². The number of hydrogen-bond donors (Lipinski definition) is 1. The number of pyridine rings is 1. The summed E-state index contributed by atoms with van der Waals surface area (Å²) in [6, 6.07) is 8.55. The predicted molar refractivity (Wildman–Crippen MR) is 99.8 cm³/mol. The van der Waals surface area contributed by atoms with Gasteiger partial charge in [-0.1, -0.05) is 17.7 Å². The quantitative estimate of drug-likeness (QED) is 0.747. The third-order valence-electron chi connectivity index (χ3n) is 4.32. The number of nitrogens with one attached hydrogen (secondary N) is 1. The molecule has 1 atom stereocenters. The maximum Gasteiger partial charge on any atom is 0.270 e. The highest BCUT2D eigenvalue weighted by Crippen LogP contribution is 2.34. The number of aryl methyl sites for hydroxylation is 1. The monoisotopic (exact) mass is 384 g/mol. The van der Waals surface area contributed by atoms with Crippen molar-refractivity contribution in [2.45, 2.75) is 13.0 Å². The molecule has 0 saturated carbocycles. The smallest absolute Gasteiger partial charge is 0.270 e. The Morgan fingerprint density at radius 1 is 1.37 bits per heavy atom. The number of benzene rings is 1. The molecule has 0 fully saturated rings. The van der Waals surface area contributed by atoms with Crippen LogP contribution in [0.4, 0.5) is 0 Å². The first-order chi connectivity index (χ1) is 13.0. The summed E-state index contributed by atoms with van der Waals surface area (Å²) in [5.74, 6) is 0.720. The SMILES string of the molecule is COc1nc(C(=O)N[C@H]2COc3cc(Cl)ccc32)ccc1-n1cnc(C)c1. The first kappa shape index (κ1) is 17.4. The number of methoxy groups -OCH3 is 1. The molecule has 1 amide bonds. The zero-order valence-corrected chi connectivity index (χ0v) is 15.5. The van der Waals surface area contributed by atoms with Crippen LogP contribution in [0.3, 0.4) is 0 Å². The van der Waals surface area contributed by atoms with Crippen LogP contribution >= 0.6 is 11.6 Å². The van der Waals surface area contributed by atoms with Crippen LogP contribution in [0.5, 0.6) is 11.6 Å². The molecule has 3 aromatic rings. The van der Waals surface area contributed by atoms with Crippen molar-refractivity contribution in [3.05, 3.63) is 64.8 Å². The van der Waals surface area contributed by atoms with Gasteiger partial charge >= 0.3 is 0 Å². The minimum atomic E-state index is -0.307. The molecule has 0 saturated heterocycles. The average molecular weight is 385 g/mol. The Morgan fingerprint density at radius 3 is 2.96 bits per heavy atom. The van der Waals surface area contributed by atoms with E-state index in [0.29, 0.717) is 28.9 Å². The van der Waals surface area contributed by atoms with Gasteiger partial charge in [-0.25, -0.2) is 9.97 Å². The number of fused-ring (bicyclic) bond motifs is 1. The lowest BCUT2D eigenvalue weighted by atomic mass is 10.1. The lowest BCUT2D eigenvalue weighted by Gasteiger charge is -2.13. The van der Waals surface area contributed by atoms with E-state index in [4.69, 9.17) is 21.1 Å². The Bertz CT molecular complexity index is 1020. The number of aromatic nitrogens is 3. The van der Waals surface area contributed by atoms with Crippen molar-refractivity contribution in [2.75, 3.05) is 13.7 Å². The maximum absolute atomic E-state index is 12.7. The summed E-state index contributed by atoms with van der Waals surface area (Å²) in [6.07, 6.45) is 3.53. The summed E-state index contributed by atoms with van der Waals surface area (Å²) in [5.41, 5.74) is 2.73. The molecule has 0 spiro atoms. The number of nitrogens with zero attached hydrogens (tertiary/aromatic N) is 3. The van der Waals surface area contributed by atoms with Crippen molar-refractivity contribution in [3.8, 4) is 17.3 Å². The zero-order valence-electron chi connectivity index (χ0n) is 14.8. The molecule has 8 heteroatoms. The summed E-state index contributed by atoms with van der Waals surface area (Å²) in [4.78, 5) is 21.2. The van der Waals surface area contributed by atoms with Gasteiger partial charge in [-0.2, -0.15) is 0 Å². The Kier molecular flexibility index (Phi) is 4.45. The van der Waals surface area contributed by atoms with E-state index in [9.17, 15) is 4.79 Å². The molecule has 4 rings (SSSR count). The van der Waals surface area contributed by atoms with E-state index in [2.05, 4.69) is 15.3 Å². The van der Waals surface area contributed by atoms with Crippen LogP contribution in [-0.2, 0) is 0 Å². The number of carbonyl (C=O) groups is 1. The number of carbonyl (C=O) groups excluding carboxylic acids is 1. The number of imidazole rings is 1. The summed E-state index contributed by atoms with van der Waals surface area (Å²) in [7, 11) is 1.52. The lowest BCUT2D eigenvalue weighted by molar-refractivity contribution is 0.0924. The standard InChI is InChI=1S/C19H17ClN4O3/c1-11-8-24(10-21-11)16-6-5-14(23-19(16)26-2)18(25)22-15-9-27-17-7-12(20)3-4-13(15)17/h3-8,10,15H,9H2,1-2H3,(H,22,25)/t15-/m0/s1. The molecule has 7 nitrogen and oxygen atoms in total. The van der Waals surface area contributed by atoms with Crippen LogP contribution in [0.2, 0.25) is 5.02 Å². The molecule has 0 bridgehead atoms. The molecule has 3 heterocycles. The van der Waals surface area contributed by atoms with E-state index >= 15 is 0 Å². The molecule has 1 aromatic carbocycles. The van der Waals surface area contributed by atoms with Crippen molar-refractivity contribution < 1.29 is 14.3 Å². The van der Waals surface area contributed by atoms with Gasteiger partial charge in [0, 0.05) is 16.8 Å². The molecule has 1 aliphatic heterocycles. The first-order valence-corrected chi connectivity index (χ1v) is 8.72. The molecule has 0 unspecified atom stereocenters. The number of halogens is 1. The molecule has 0 aliphatic carbocycles. The minimum Gasteiger partial charge on any atom is -0.491 e. The second-order valence-electron chi connectivity index (χ2n) is 6.17. The van der Waals surface area contributed by atoms with Gasteiger partial charge in [0.1, 0.15) is 23.7 Å². The second-order valence-corrected chi connectivity index (χ2v) is 6.60. The highest BCUT2D eigenvalue weighted by Gasteiger charge is 2.27. The number of ether oxygens (including phenoxy) is 2. The van der Waals surface area contributed by atoms with Gasteiger partial charge in [-0.05, 0) is 31.2 Å². The topological polar surface area (TPSA) is 78.3 Å². The Labute approximate surface area is 160 Å². The fraction of sp³-hybridized carbons (Fsp3) is 0.211. The molecule has 27 heavy (non-hydrogen) atoms. The predicted octanol–water partition coefficient (Wildman–Crippen LogP) is 3.10. The van der Waals surface area contributed by atoms with Crippen molar-refractivity contribution in [2.24, 2.45) is 0 Å². The Morgan fingerprint density at radius 2 is 2.22 bits per heavy atom. The number of rotatable bonds is 4. The van der Waals surface area contributed by atoms with Crippen molar-refractivity contribution in [1.29, 1.82) is 0 Å². The van der Waals surface area contributed by atoms with Crippen LogP contribution in [0, 0.1) is 6.92 Å². The molecule has 1 N–H and O–H groups in total. The molecular formula is C19H17ClN4O3. The summed E-state index contributed by atoms with van der Waals surface area (Å²) in [5, 5.41) is 3.54. The van der Waals surface area contributed by atoms with Gasteiger partial charge in [0.15, 0.2) is 0 Å². The summed E-state index contributed by atoms with van der Waals surface area (Å²) in [6.45, 7) is 2.25. The van der Waals surface area contributed by atoms with E-state index < -0.39 is 0 Å². The van der Waals surface area contributed by atoms with Crippen LogP contribution in [0.1, 0.15) is 27.8 Å². The van der Waals surface area contributed by atoms with Gasteiger partial charge in [-0.3, -0.25) is 4.79 Å². The van der Waals surface area contributed by atoms with Gasteiger partial charge in [0.05, 0.1) is 25.2 Å². The van der Waals surface area contributed by atoms with Crippen molar-refractivity contribution >= 4 is 17.5 Å². The normalized spacial score (nSPS) is 15.1. The van der Waals surface area contributed by atoms with E-state index in [1.807, 2.05) is 19.2 Å². The van der Waals surface area contributed by atoms with Gasteiger partial charge < -0.3 is 19.4 Å². The van der Waals surface area contributed by atoms with Crippen LogP contribution in [0.25, 0.3) is 5.69 Å². The number of amides is 1. The van der Waals surface area contributed by atoms with Crippen molar-refractivity contribution in [1.82, 2.24) is 19.9 Å². The summed E-state index contributed by atoms with van der Waals surface area (Å²) >= 11 is 5.98. The third-order valence-corrected chi connectivity index (χ3v) is 4.55. The average Bonchev–Trinajstić information content (AvgIpc) is 3.27. The second kappa shape index (κ2) is 6.92. The highest BCUT2D eigenvalue weighted by atomic mass is 35.5. The van der Waals surface area contributed by atoms with Crippen molar-refractivity contribution in [3.63, 3.8) is 0 Å². The molecule has 138 valence electrons. The van der Waals surface area contributed by atoms with E-state index in [1.54, 1.807) is 35.2 Å². The van der Waals surface area contributed by atoms with Gasteiger partial charge in [-0.15, -0.1) is 0 Å². The fourth-order valence-corrected chi connectivity index (χ4v) is 3.16. The fourth-order valence-electron chi connectivity index (χ4n) is 2.99. The Hall–Kier alpha value is -3.06. The minimum absolute atomic E-state index is 0.256. The van der Waals surface area contributed by atoms with E-state index in [1.165, 1.54) is 7.11 Å². The molecule has 1 aliphatic rings. The van der Waals surface area contributed by atoms with E-state index in [-0.39, 0.29) is 17.6 Å². The van der Waals surface area contributed by atoms with Crippen LogP contribution in [-0.4, -0.2) is 34.2 Å². The first-order valence-electron chi connectivity index (χ1n) is 8.34. The third kappa shape index (κ3) is 3.33. The Balaban J connectivity index is 1.56. The maximum atomic E-state index is 12.7. The molecular weight excluding hydrogens is 368 g/mol. The van der Waals surface area contributed by atoms with Gasteiger partial charge in [0.2, 0.25) is 5.88 Å². The van der Waals surface area contributed by atoms with Crippen LogP contribution < -0.4 is 14.8 Å². The van der Waals surface area contributed by atoms with Crippen LogP contribution in [0.15, 0.2) is 42.9 Å². The van der Waals surface area contributed by atoms with Gasteiger partial charge in [0.25, 0.3) is 5.91 Å². The summed E-state index contributed by atoms with van der Waals surface area (Å²) < 4.78 is 12.8. The molecule has 2 aromatic heterocycles.